The molecule has 0 saturated heterocycles. The van der Waals surface area contributed by atoms with Gasteiger partial charge in [0.1, 0.15) is 0 Å². The molecule has 0 spiro atoms. The zero-order valence-electron chi connectivity index (χ0n) is 10.2. The Labute approximate surface area is 105 Å². The van der Waals surface area contributed by atoms with Crippen molar-refractivity contribution in [3.05, 3.63) is 30.3 Å². The average molecular weight is 266 g/mol. The minimum absolute atomic E-state index is 0. The summed E-state index contributed by atoms with van der Waals surface area (Å²) in [5.74, 6) is 0. The minimum atomic E-state index is -3.67. The highest BCUT2D eigenvalue weighted by Gasteiger charge is 2.06. The highest BCUT2D eigenvalue weighted by atomic mass is 19.4. The first kappa shape index (κ1) is 19.1. The Bertz CT molecular complexity index is 268. The summed E-state index contributed by atoms with van der Waals surface area (Å²) >= 11 is 0. The van der Waals surface area contributed by atoms with Crippen LogP contribution < -0.4 is 9.60 Å². The fourth-order valence-electron chi connectivity index (χ4n) is 1.40. The number of nitrogens with zero attached hydrogens (tertiary/aromatic N) is 1. The Hall–Kier alpha value is -1.24. The number of halogens is 4. The van der Waals surface area contributed by atoms with E-state index in [1.807, 2.05) is 18.2 Å². The maximum Gasteiger partial charge on any atom is 0.762 e. The number of rotatable bonds is 5. The van der Waals surface area contributed by atoms with Crippen LogP contribution in [0.1, 0.15) is 13.3 Å². The zero-order chi connectivity index (χ0) is 13.1. The standard InChI is InChI=1S/C11H17NO.BF3.FH/c1-2-8-12(9-10-13)11-6-4-3-5-7-11;2-1(3)4;/h3-7,13H,2,8-10H2,1H3;;1H/p-1. The summed E-state index contributed by atoms with van der Waals surface area (Å²) in [6.45, 7) is 4.09. The molecule has 0 fully saturated rings. The van der Waals surface area contributed by atoms with Crippen LogP contribution in [0.25, 0.3) is 0 Å². The van der Waals surface area contributed by atoms with Crippen LogP contribution in [0.5, 0.6) is 0 Å². The number of aliphatic hydroxyl groups is 1. The summed E-state index contributed by atoms with van der Waals surface area (Å²) in [5, 5.41) is 8.88. The first-order valence-corrected chi connectivity index (χ1v) is 5.44. The molecule has 1 aromatic carbocycles. The van der Waals surface area contributed by atoms with E-state index in [4.69, 9.17) is 5.11 Å². The molecule has 0 unspecified atom stereocenters. The lowest BCUT2D eigenvalue weighted by atomic mass is 10.2. The van der Waals surface area contributed by atoms with Gasteiger partial charge in [-0.3, -0.25) is 12.9 Å². The van der Waals surface area contributed by atoms with Crippen molar-refractivity contribution in [2.45, 2.75) is 13.3 Å². The SMILES string of the molecule is CCCN(CCO)c1ccccc1.FB(F)F.[F-]. The van der Waals surface area contributed by atoms with Gasteiger partial charge in [0.15, 0.2) is 0 Å². The van der Waals surface area contributed by atoms with E-state index < -0.39 is 7.54 Å². The molecule has 1 aromatic rings. The maximum absolute atomic E-state index is 9.67. The van der Waals surface area contributed by atoms with Crippen molar-refractivity contribution in [1.82, 2.24) is 0 Å². The molecule has 2 nitrogen and oxygen atoms in total. The van der Waals surface area contributed by atoms with Crippen LogP contribution in [-0.2, 0) is 0 Å². The number of hydrogen-bond acceptors (Lipinski definition) is 2. The predicted octanol–water partition coefficient (Wildman–Crippen LogP) is -0.221. The lowest BCUT2D eigenvalue weighted by Crippen LogP contribution is -3.00. The second kappa shape index (κ2) is 12.2. The highest BCUT2D eigenvalue weighted by Crippen LogP contribution is 2.12. The summed E-state index contributed by atoms with van der Waals surface area (Å²) in [4.78, 5) is 2.19. The van der Waals surface area contributed by atoms with Crippen LogP contribution >= 0.6 is 0 Å². The number of para-hydroxylation sites is 1. The van der Waals surface area contributed by atoms with Gasteiger partial charge >= 0.3 is 7.54 Å². The van der Waals surface area contributed by atoms with Gasteiger partial charge in [0.05, 0.1) is 6.61 Å². The van der Waals surface area contributed by atoms with Gasteiger partial charge in [-0.1, -0.05) is 25.1 Å². The van der Waals surface area contributed by atoms with E-state index in [1.54, 1.807) is 0 Å². The number of aliphatic hydroxyl groups excluding tert-OH is 1. The molecule has 18 heavy (non-hydrogen) atoms. The van der Waals surface area contributed by atoms with Crippen molar-refractivity contribution < 1.29 is 22.8 Å². The van der Waals surface area contributed by atoms with Crippen molar-refractivity contribution in [1.29, 1.82) is 0 Å². The zero-order valence-corrected chi connectivity index (χ0v) is 10.2. The third kappa shape index (κ3) is 9.95. The van der Waals surface area contributed by atoms with Gasteiger partial charge in [-0.2, -0.15) is 0 Å². The van der Waals surface area contributed by atoms with Crippen molar-refractivity contribution in [2.75, 3.05) is 24.6 Å². The van der Waals surface area contributed by atoms with Gasteiger partial charge in [0.2, 0.25) is 0 Å². The van der Waals surface area contributed by atoms with Crippen LogP contribution in [0.4, 0.5) is 18.6 Å². The molecule has 0 amide bonds. The van der Waals surface area contributed by atoms with Crippen LogP contribution in [-0.4, -0.2) is 32.3 Å². The molecule has 0 heterocycles. The fourth-order valence-corrected chi connectivity index (χ4v) is 1.40. The molecule has 0 radical (unpaired) electrons. The van der Waals surface area contributed by atoms with Gasteiger partial charge in [0.25, 0.3) is 0 Å². The Morgan fingerprint density at radius 2 is 1.61 bits per heavy atom. The summed E-state index contributed by atoms with van der Waals surface area (Å²) in [6, 6.07) is 10.2. The van der Waals surface area contributed by atoms with Crippen molar-refractivity contribution in [2.24, 2.45) is 0 Å². The van der Waals surface area contributed by atoms with Crippen molar-refractivity contribution in [3.63, 3.8) is 0 Å². The molecule has 1 N–H and O–H groups in total. The smallest absolute Gasteiger partial charge is 0.762 e. The molecule has 7 heteroatoms. The summed E-state index contributed by atoms with van der Waals surface area (Å²) < 4.78 is 29.0. The van der Waals surface area contributed by atoms with Crippen LogP contribution in [0.3, 0.4) is 0 Å². The number of anilines is 1. The Balaban J connectivity index is 0. The Morgan fingerprint density at radius 1 is 1.11 bits per heavy atom. The summed E-state index contributed by atoms with van der Waals surface area (Å²) in [7, 11) is -3.67. The van der Waals surface area contributed by atoms with Gasteiger partial charge in [-0.05, 0) is 18.6 Å². The average Bonchev–Trinajstić information content (AvgIpc) is 2.29. The summed E-state index contributed by atoms with van der Waals surface area (Å²) in [5.41, 5.74) is 1.19. The molecule has 1 rings (SSSR count). The first-order valence-electron chi connectivity index (χ1n) is 5.44. The molecule has 0 bridgehead atoms. The van der Waals surface area contributed by atoms with Gasteiger partial charge in [-0.25, -0.2) is 0 Å². The molecule has 0 aliphatic carbocycles. The largest absolute Gasteiger partial charge is 1.00 e. The van der Waals surface area contributed by atoms with Crippen LogP contribution in [0.15, 0.2) is 30.3 Å². The van der Waals surface area contributed by atoms with Crippen LogP contribution in [0.2, 0.25) is 0 Å². The Kier molecular flexibility index (Phi) is 13.0. The van der Waals surface area contributed by atoms with Gasteiger partial charge < -0.3 is 14.7 Å². The van der Waals surface area contributed by atoms with Crippen molar-refractivity contribution in [3.8, 4) is 0 Å². The molecular formula is C11H17BF4NO-. The van der Waals surface area contributed by atoms with E-state index >= 15 is 0 Å². The van der Waals surface area contributed by atoms with Crippen molar-refractivity contribution >= 4 is 13.2 Å². The second-order valence-electron chi connectivity index (χ2n) is 3.29. The third-order valence-electron chi connectivity index (χ3n) is 1.98. The van der Waals surface area contributed by atoms with E-state index in [-0.39, 0.29) is 11.3 Å². The molecule has 0 aliphatic heterocycles. The van der Waals surface area contributed by atoms with Crippen LogP contribution in [0, 0.1) is 0 Å². The highest BCUT2D eigenvalue weighted by molar-refractivity contribution is 6.33. The van der Waals surface area contributed by atoms with E-state index in [2.05, 4.69) is 24.0 Å². The molecule has 0 saturated carbocycles. The summed E-state index contributed by atoms with van der Waals surface area (Å²) in [6.07, 6.45) is 1.11. The third-order valence-corrected chi connectivity index (χ3v) is 1.98. The number of hydrogen-bond donors (Lipinski definition) is 1. The van der Waals surface area contributed by atoms with E-state index in [9.17, 15) is 12.9 Å². The van der Waals surface area contributed by atoms with E-state index in [0.29, 0.717) is 0 Å². The second-order valence-corrected chi connectivity index (χ2v) is 3.29. The normalized spacial score (nSPS) is 8.72. The lowest BCUT2D eigenvalue weighted by molar-refractivity contribution is -0.00000745. The van der Waals surface area contributed by atoms with Gasteiger partial charge in [-0.15, -0.1) is 0 Å². The maximum atomic E-state index is 9.67. The number of benzene rings is 1. The topological polar surface area (TPSA) is 23.5 Å². The Morgan fingerprint density at radius 3 is 2.00 bits per heavy atom. The predicted molar refractivity (Wildman–Crippen MR) is 65.1 cm³/mol. The van der Waals surface area contributed by atoms with E-state index in [0.717, 1.165) is 19.5 Å². The molecule has 0 atom stereocenters. The minimum Gasteiger partial charge on any atom is -1.00 e. The fraction of sp³-hybridized carbons (Fsp3) is 0.455. The van der Waals surface area contributed by atoms with E-state index in [1.165, 1.54) is 5.69 Å². The quantitative estimate of drug-likeness (QED) is 0.588. The molecule has 0 aromatic heterocycles. The monoisotopic (exact) mass is 266 g/mol. The van der Waals surface area contributed by atoms with Gasteiger partial charge in [0, 0.05) is 18.8 Å². The molecular weight excluding hydrogens is 249 g/mol. The molecule has 104 valence electrons. The first-order chi connectivity index (χ1) is 8.11. The lowest BCUT2D eigenvalue weighted by Gasteiger charge is -2.22. The molecule has 0 aliphatic rings.